The molecule has 0 aliphatic heterocycles. The average Bonchev–Trinajstić information content (AvgIpc) is 3.38. The second kappa shape index (κ2) is 8.85. The second-order valence-corrected chi connectivity index (χ2v) is 8.01. The van der Waals surface area contributed by atoms with Crippen molar-refractivity contribution in [3.05, 3.63) is 69.5 Å². The monoisotopic (exact) mass is 437 g/mol. The largest absolute Gasteiger partial charge is 0.330 e. The van der Waals surface area contributed by atoms with E-state index >= 15 is 0 Å². The predicted molar refractivity (Wildman–Crippen MR) is 120 cm³/mol. The molecule has 0 radical (unpaired) electrons. The smallest absolute Gasteiger partial charge is 0.290 e. The molecule has 0 bridgehead atoms. The molecule has 1 N–H and O–H groups in total. The zero-order valence-electron chi connectivity index (χ0n) is 17.7. The van der Waals surface area contributed by atoms with E-state index in [1.807, 2.05) is 50.2 Å². The van der Waals surface area contributed by atoms with Crippen molar-refractivity contribution in [2.75, 3.05) is 0 Å². The van der Waals surface area contributed by atoms with Gasteiger partial charge in [0, 0.05) is 17.8 Å². The Morgan fingerprint density at radius 2 is 1.94 bits per heavy atom. The van der Waals surface area contributed by atoms with Crippen LogP contribution in [0.4, 0.5) is 0 Å². The lowest BCUT2D eigenvalue weighted by molar-refractivity contribution is 0.560. The number of nitrogens with one attached hydrogen (secondary N) is 1. The Morgan fingerprint density at radius 1 is 1.16 bits per heavy atom. The van der Waals surface area contributed by atoms with Crippen molar-refractivity contribution in [1.82, 2.24) is 34.7 Å². The predicted octanol–water partition coefficient (Wildman–Crippen LogP) is 4.13. The Hall–Kier alpha value is -3.26. The van der Waals surface area contributed by atoms with Crippen LogP contribution in [0.15, 0.2) is 47.4 Å². The molecule has 8 nitrogen and oxygen atoms in total. The van der Waals surface area contributed by atoms with Gasteiger partial charge >= 0.3 is 5.69 Å². The van der Waals surface area contributed by atoms with Crippen LogP contribution in [0.1, 0.15) is 44.5 Å². The lowest BCUT2D eigenvalue weighted by Crippen LogP contribution is -2.26. The fourth-order valence-electron chi connectivity index (χ4n) is 3.72. The SMILES string of the molecule is CCCc1c(Cl)n(C(C)C)c(=O)n1Cc1ccc(-c2cccnc2-c2nn[nH]n2)cc1. The number of aromatic nitrogens is 7. The average molecular weight is 438 g/mol. The third kappa shape index (κ3) is 4.03. The maximum absolute atomic E-state index is 13.0. The first kappa shape index (κ1) is 21.0. The van der Waals surface area contributed by atoms with Crippen LogP contribution in [0.5, 0.6) is 0 Å². The van der Waals surface area contributed by atoms with E-state index in [0.717, 1.165) is 35.2 Å². The molecule has 0 unspecified atom stereocenters. The van der Waals surface area contributed by atoms with Crippen LogP contribution >= 0.6 is 11.6 Å². The van der Waals surface area contributed by atoms with Crippen molar-refractivity contribution in [3.63, 3.8) is 0 Å². The fourth-order valence-corrected chi connectivity index (χ4v) is 4.18. The number of imidazole rings is 1. The van der Waals surface area contributed by atoms with E-state index in [1.54, 1.807) is 15.3 Å². The highest BCUT2D eigenvalue weighted by Gasteiger charge is 2.20. The summed E-state index contributed by atoms with van der Waals surface area (Å²) >= 11 is 6.56. The third-order valence-electron chi connectivity index (χ3n) is 5.19. The van der Waals surface area contributed by atoms with Gasteiger partial charge in [-0.3, -0.25) is 14.1 Å². The molecule has 3 heterocycles. The normalized spacial score (nSPS) is 11.4. The molecule has 4 aromatic rings. The first-order valence-corrected chi connectivity index (χ1v) is 10.7. The summed E-state index contributed by atoms with van der Waals surface area (Å²) in [6.07, 6.45) is 3.38. The Bertz CT molecular complexity index is 1220. The number of hydrogen-bond acceptors (Lipinski definition) is 5. The highest BCUT2D eigenvalue weighted by Crippen LogP contribution is 2.28. The molecule has 1 aromatic carbocycles. The van der Waals surface area contributed by atoms with Crippen molar-refractivity contribution in [2.45, 2.75) is 46.2 Å². The van der Waals surface area contributed by atoms with Crippen molar-refractivity contribution >= 4 is 11.6 Å². The van der Waals surface area contributed by atoms with Gasteiger partial charge in [-0.15, -0.1) is 10.2 Å². The summed E-state index contributed by atoms with van der Waals surface area (Å²) in [6.45, 7) is 6.50. The Balaban J connectivity index is 1.67. The molecule has 0 atom stereocenters. The number of benzene rings is 1. The third-order valence-corrected chi connectivity index (χ3v) is 5.59. The summed E-state index contributed by atoms with van der Waals surface area (Å²) in [5.74, 6) is 0.445. The quantitative estimate of drug-likeness (QED) is 0.469. The number of H-pyrrole nitrogens is 1. The maximum Gasteiger partial charge on any atom is 0.330 e. The van der Waals surface area contributed by atoms with Crippen molar-refractivity contribution in [3.8, 4) is 22.6 Å². The van der Waals surface area contributed by atoms with E-state index in [1.165, 1.54) is 0 Å². The summed E-state index contributed by atoms with van der Waals surface area (Å²) in [7, 11) is 0. The van der Waals surface area contributed by atoms with Crippen LogP contribution < -0.4 is 5.69 Å². The summed E-state index contributed by atoms with van der Waals surface area (Å²) in [4.78, 5) is 17.4. The van der Waals surface area contributed by atoms with E-state index in [9.17, 15) is 4.79 Å². The van der Waals surface area contributed by atoms with Crippen molar-refractivity contribution in [1.29, 1.82) is 0 Å². The summed E-state index contributed by atoms with van der Waals surface area (Å²) in [5.41, 5.74) is 4.39. The van der Waals surface area contributed by atoms with Crippen molar-refractivity contribution in [2.24, 2.45) is 0 Å². The van der Waals surface area contributed by atoms with Gasteiger partial charge in [0.05, 0.1) is 12.2 Å². The number of tetrazole rings is 1. The zero-order valence-corrected chi connectivity index (χ0v) is 18.5. The molecule has 0 aliphatic rings. The number of hydrogen-bond donors (Lipinski definition) is 1. The highest BCUT2D eigenvalue weighted by atomic mass is 35.5. The Labute approximate surface area is 184 Å². The lowest BCUT2D eigenvalue weighted by Gasteiger charge is -2.09. The van der Waals surface area contributed by atoms with Crippen LogP contribution in [0.2, 0.25) is 5.15 Å². The topological polar surface area (TPSA) is 94.3 Å². The molecule has 0 saturated carbocycles. The number of pyridine rings is 1. The molecular weight excluding hydrogens is 414 g/mol. The van der Waals surface area contributed by atoms with E-state index < -0.39 is 0 Å². The van der Waals surface area contributed by atoms with Gasteiger partial charge < -0.3 is 0 Å². The molecule has 3 aromatic heterocycles. The number of aromatic amines is 1. The van der Waals surface area contributed by atoms with E-state index in [-0.39, 0.29) is 11.7 Å². The first-order chi connectivity index (χ1) is 15.0. The summed E-state index contributed by atoms with van der Waals surface area (Å²) in [6, 6.07) is 11.9. The van der Waals surface area contributed by atoms with Crippen LogP contribution in [0.25, 0.3) is 22.6 Å². The molecule has 0 spiro atoms. The molecule has 31 heavy (non-hydrogen) atoms. The molecule has 4 rings (SSSR count). The molecule has 0 aliphatic carbocycles. The van der Waals surface area contributed by atoms with E-state index in [0.29, 0.717) is 23.2 Å². The zero-order chi connectivity index (χ0) is 22.0. The molecule has 160 valence electrons. The van der Waals surface area contributed by atoms with E-state index in [4.69, 9.17) is 11.6 Å². The number of rotatable bonds is 7. The molecule has 0 amide bonds. The maximum atomic E-state index is 13.0. The van der Waals surface area contributed by atoms with Crippen LogP contribution in [-0.2, 0) is 13.0 Å². The van der Waals surface area contributed by atoms with Gasteiger partial charge in [-0.2, -0.15) is 5.21 Å². The van der Waals surface area contributed by atoms with Crippen LogP contribution in [0, 0.1) is 0 Å². The molecule has 0 saturated heterocycles. The van der Waals surface area contributed by atoms with E-state index in [2.05, 4.69) is 32.5 Å². The number of nitrogens with zero attached hydrogens (tertiary/aromatic N) is 6. The molecule has 9 heteroatoms. The standard InChI is InChI=1S/C22H24ClN7O/c1-4-6-18-20(23)30(14(2)3)22(31)29(18)13-15-8-10-16(11-9-15)17-7-5-12-24-19(17)21-25-27-28-26-21/h5,7-12,14H,4,6,13H2,1-3H3,(H,25,26,27,28). The van der Waals surface area contributed by atoms with Crippen LogP contribution in [0.3, 0.4) is 0 Å². The van der Waals surface area contributed by atoms with Gasteiger partial charge in [0.1, 0.15) is 10.8 Å². The number of halogens is 1. The Kier molecular flexibility index (Phi) is 5.99. The minimum Gasteiger partial charge on any atom is -0.290 e. The van der Waals surface area contributed by atoms with Gasteiger partial charge in [0.2, 0.25) is 5.82 Å². The Morgan fingerprint density at radius 3 is 2.58 bits per heavy atom. The van der Waals surface area contributed by atoms with Gasteiger partial charge in [-0.25, -0.2) is 4.79 Å². The van der Waals surface area contributed by atoms with Gasteiger partial charge in [-0.05, 0) is 42.7 Å². The molecule has 0 fully saturated rings. The minimum atomic E-state index is -0.0702. The first-order valence-electron chi connectivity index (χ1n) is 10.3. The molecular formula is C22H24ClN7O. The second-order valence-electron chi connectivity index (χ2n) is 7.65. The lowest BCUT2D eigenvalue weighted by atomic mass is 10.0. The van der Waals surface area contributed by atoms with Crippen LogP contribution in [-0.4, -0.2) is 34.7 Å². The minimum absolute atomic E-state index is 0.00775. The summed E-state index contributed by atoms with van der Waals surface area (Å²) < 4.78 is 3.45. The van der Waals surface area contributed by atoms with Gasteiger partial charge in [-0.1, -0.05) is 55.3 Å². The van der Waals surface area contributed by atoms with Gasteiger partial charge in [0.25, 0.3) is 0 Å². The highest BCUT2D eigenvalue weighted by molar-refractivity contribution is 6.30. The summed E-state index contributed by atoms with van der Waals surface area (Å²) in [5, 5.41) is 14.7. The fraction of sp³-hybridized carbons (Fsp3) is 0.318. The van der Waals surface area contributed by atoms with Gasteiger partial charge in [0.15, 0.2) is 0 Å². The van der Waals surface area contributed by atoms with Crippen molar-refractivity contribution < 1.29 is 0 Å².